The van der Waals surface area contributed by atoms with Crippen LogP contribution in [0.15, 0.2) is 28.5 Å². The fourth-order valence-corrected chi connectivity index (χ4v) is 3.77. The minimum Gasteiger partial charge on any atom is -0.478 e. The van der Waals surface area contributed by atoms with Crippen LogP contribution in [0.2, 0.25) is 0 Å². The Morgan fingerprint density at radius 1 is 1.35 bits per heavy atom. The molecule has 0 unspecified atom stereocenters. The van der Waals surface area contributed by atoms with Gasteiger partial charge in [-0.2, -0.15) is 0 Å². The minimum absolute atomic E-state index is 0.000494. The molecule has 0 atom stereocenters. The molecule has 106 valence electrons. The number of benzene rings is 1. The average molecular weight is 311 g/mol. The van der Waals surface area contributed by atoms with Crippen molar-refractivity contribution in [1.82, 2.24) is 4.98 Å². The molecule has 0 aliphatic rings. The van der Waals surface area contributed by atoms with E-state index in [4.69, 9.17) is 5.11 Å². The summed E-state index contributed by atoms with van der Waals surface area (Å²) in [5.74, 6) is -1.36. The van der Waals surface area contributed by atoms with Gasteiger partial charge in [0.1, 0.15) is 0 Å². The third-order valence-electron chi connectivity index (χ3n) is 2.80. The van der Waals surface area contributed by atoms with Crippen molar-refractivity contribution >= 4 is 27.1 Å². The van der Waals surface area contributed by atoms with Gasteiger partial charge in [0.15, 0.2) is 9.84 Å². The first-order chi connectivity index (χ1) is 9.29. The third kappa shape index (κ3) is 3.05. The first-order valence-corrected chi connectivity index (χ1v) is 8.30. The van der Waals surface area contributed by atoms with Crippen molar-refractivity contribution in [2.75, 3.05) is 0 Å². The molecule has 2 rings (SSSR count). The Labute approximate surface area is 120 Å². The maximum atomic E-state index is 12.3. The van der Waals surface area contributed by atoms with Gasteiger partial charge in [0.25, 0.3) is 0 Å². The first kappa shape index (κ1) is 14.7. The number of carboxylic acids is 1. The van der Waals surface area contributed by atoms with Gasteiger partial charge >= 0.3 is 5.97 Å². The number of carboxylic acid groups (broad SMARTS) is 1. The van der Waals surface area contributed by atoms with Gasteiger partial charge in [0.05, 0.1) is 26.9 Å². The second-order valence-corrected chi connectivity index (χ2v) is 7.45. The number of carbonyl (C=O) groups is 1. The lowest BCUT2D eigenvalue weighted by Gasteiger charge is -2.06. The number of hydrogen-bond acceptors (Lipinski definition) is 5. The average Bonchev–Trinajstić information content (AvgIpc) is 2.73. The van der Waals surface area contributed by atoms with Crippen LogP contribution in [-0.4, -0.2) is 24.5 Å². The molecule has 7 heteroatoms. The van der Waals surface area contributed by atoms with Crippen LogP contribution in [0.5, 0.6) is 0 Å². The summed E-state index contributed by atoms with van der Waals surface area (Å²) in [4.78, 5) is 15.2. The number of rotatable bonds is 4. The molecule has 1 aromatic heterocycles. The number of nitrogens with zero attached hydrogens (tertiary/aromatic N) is 1. The number of aromatic nitrogens is 1. The molecule has 0 spiro atoms. The lowest BCUT2D eigenvalue weighted by Crippen LogP contribution is -2.08. The van der Waals surface area contributed by atoms with Gasteiger partial charge in [0.2, 0.25) is 0 Å². The van der Waals surface area contributed by atoms with E-state index < -0.39 is 15.8 Å². The van der Waals surface area contributed by atoms with Crippen molar-refractivity contribution in [2.45, 2.75) is 24.5 Å². The number of sulfone groups is 1. The third-order valence-corrected chi connectivity index (χ3v) is 5.27. The molecule has 0 saturated heterocycles. The highest BCUT2D eigenvalue weighted by molar-refractivity contribution is 7.90. The fraction of sp³-hybridized carbons (Fsp3) is 0.231. The molecule has 0 aliphatic heterocycles. The van der Waals surface area contributed by atoms with Gasteiger partial charge in [-0.3, -0.25) is 0 Å². The van der Waals surface area contributed by atoms with Crippen LogP contribution in [0.25, 0.3) is 0 Å². The van der Waals surface area contributed by atoms with Crippen LogP contribution >= 0.6 is 11.3 Å². The van der Waals surface area contributed by atoms with Crippen molar-refractivity contribution in [3.8, 4) is 0 Å². The summed E-state index contributed by atoms with van der Waals surface area (Å²) >= 11 is 1.38. The topological polar surface area (TPSA) is 84.3 Å². The Hall–Kier alpha value is -1.73. The molecule has 1 heterocycles. The summed E-state index contributed by atoms with van der Waals surface area (Å²) in [5, 5.41) is 11.5. The molecule has 20 heavy (non-hydrogen) atoms. The second-order valence-electron chi connectivity index (χ2n) is 4.40. The smallest absolute Gasteiger partial charge is 0.335 e. The number of aryl methyl sites for hydroxylation is 2. The Morgan fingerprint density at radius 3 is 2.60 bits per heavy atom. The van der Waals surface area contributed by atoms with Gasteiger partial charge in [0, 0.05) is 5.38 Å². The summed E-state index contributed by atoms with van der Waals surface area (Å²) in [7, 11) is -3.59. The highest BCUT2D eigenvalue weighted by Gasteiger charge is 2.19. The summed E-state index contributed by atoms with van der Waals surface area (Å²) in [6.45, 7) is 3.43. The zero-order valence-corrected chi connectivity index (χ0v) is 12.6. The molecule has 0 amide bonds. The molecular weight excluding hydrogens is 298 g/mol. The zero-order valence-electron chi connectivity index (χ0n) is 11.0. The number of hydrogen-bond donors (Lipinski definition) is 1. The van der Waals surface area contributed by atoms with E-state index in [9.17, 15) is 13.2 Å². The first-order valence-electron chi connectivity index (χ1n) is 5.77. The normalized spacial score (nSPS) is 11.5. The van der Waals surface area contributed by atoms with Gasteiger partial charge < -0.3 is 5.11 Å². The molecule has 0 radical (unpaired) electrons. The molecule has 0 saturated carbocycles. The van der Waals surface area contributed by atoms with E-state index in [0.717, 1.165) is 5.01 Å². The van der Waals surface area contributed by atoms with E-state index in [1.807, 2.05) is 0 Å². The van der Waals surface area contributed by atoms with E-state index >= 15 is 0 Å². The highest BCUT2D eigenvalue weighted by atomic mass is 32.2. The van der Waals surface area contributed by atoms with Crippen molar-refractivity contribution in [3.05, 3.63) is 45.4 Å². The largest absolute Gasteiger partial charge is 0.478 e. The highest BCUT2D eigenvalue weighted by Crippen LogP contribution is 2.21. The van der Waals surface area contributed by atoms with Crippen molar-refractivity contribution in [2.24, 2.45) is 0 Å². The monoisotopic (exact) mass is 311 g/mol. The molecule has 0 bridgehead atoms. The maximum absolute atomic E-state index is 12.3. The summed E-state index contributed by atoms with van der Waals surface area (Å²) in [6, 6.07) is 4.13. The molecule has 0 fully saturated rings. The zero-order chi connectivity index (χ0) is 14.9. The summed E-state index contributed by atoms with van der Waals surface area (Å²) in [5.41, 5.74) is 1.01. The standard InChI is InChI=1S/C13H13NO4S2/c1-8-3-4-11(5-12(8)13(15)16)20(17,18)7-10-6-19-9(2)14-10/h3-6H,7H2,1-2H3,(H,15,16). The lowest BCUT2D eigenvalue weighted by atomic mass is 10.1. The van der Waals surface area contributed by atoms with Crippen LogP contribution < -0.4 is 0 Å². The molecule has 1 aromatic carbocycles. The number of aromatic carboxylic acids is 1. The fourth-order valence-electron chi connectivity index (χ4n) is 1.78. The molecular formula is C13H13NO4S2. The van der Waals surface area contributed by atoms with Crippen LogP contribution in [0.4, 0.5) is 0 Å². The van der Waals surface area contributed by atoms with E-state index in [1.54, 1.807) is 19.2 Å². The number of thiazole rings is 1. The van der Waals surface area contributed by atoms with E-state index in [-0.39, 0.29) is 16.2 Å². The van der Waals surface area contributed by atoms with Crippen molar-refractivity contribution < 1.29 is 18.3 Å². The molecule has 0 aliphatic carbocycles. The Kier molecular flexibility index (Phi) is 3.92. The quantitative estimate of drug-likeness (QED) is 0.937. The second kappa shape index (κ2) is 5.34. The SMILES string of the molecule is Cc1nc(CS(=O)(=O)c2ccc(C)c(C(=O)O)c2)cs1. The summed E-state index contributed by atoms with van der Waals surface area (Å²) in [6.07, 6.45) is 0. The van der Waals surface area contributed by atoms with Crippen LogP contribution in [0.1, 0.15) is 26.6 Å². The van der Waals surface area contributed by atoms with E-state index in [0.29, 0.717) is 11.3 Å². The van der Waals surface area contributed by atoms with Crippen molar-refractivity contribution in [3.63, 3.8) is 0 Å². The molecule has 5 nitrogen and oxygen atoms in total. The molecule has 2 aromatic rings. The minimum atomic E-state index is -3.59. The van der Waals surface area contributed by atoms with Crippen LogP contribution in [0.3, 0.4) is 0 Å². The predicted molar refractivity (Wildman–Crippen MR) is 75.9 cm³/mol. The van der Waals surface area contributed by atoms with E-state index in [1.165, 1.54) is 29.5 Å². The lowest BCUT2D eigenvalue weighted by molar-refractivity contribution is 0.0696. The Morgan fingerprint density at radius 2 is 2.05 bits per heavy atom. The van der Waals surface area contributed by atoms with Gasteiger partial charge in [-0.25, -0.2) is 18.2 Å². The van der Waals surface area contributed by atoms with Crippen LogP contribution in [0, 0.1) is 13.8 Å². The van der Waals surface area contributed by atoms with Gasteiger partial charge in [-0.1, -0.05) is 6.07 Å². The van der Waals surface area contributed by atoms with Crippen LogP contribution in [-0.2, 0) is 15.6 Å². The van der Waals surface area contributed by atoms with Gasteiger partial charge in [-0.15, -0.1) is 11.3 Å². The summed E-state index contributed by atoms with van der Waals surface area (Å²) < 4.78 is 24.5. The maximum Gasteiger partial charge on any atom is 0.335 e. The van der Waals surface area contributed by atoms with Crippen molar-refractivity contribution in [1.29, 1.82) is 0 Å². The predicted octanol–water partition coefficient (Wildman–Crippen LogP) is 2.43. The molecule has 1 N–H and O–H groups in total. The van der Waals surface area contributed by atoms with Gasteiger partial charge in [-0.05, 0) is 31.5 Å². The Bertz CT molecular complexity index is 762. The Balaban J connectivity index is 2.39. The van der Waals surface area contributed by atoms with E-state index in [2.05, 4.69) is 4.98 Å².